The maximum absolute atomic E-state index is 11.6. The van der Waals surface area contributed by atoms with E-state index in [1.165, 1.54) is 0 Å². The highest BCUT2D eigenvalue weighted by Crippen LogP contribution is 2.20. The maximum Gasteiger partial charge on any atom is 0.321 e. The molecular weight excluding hydrogens is 204 g/mol. The Hall–Kier alpha value is -1.71. The molecule has 1 saturated heterocycles. The highest BCUT2D eigenvalue weighted by Gasteiger charge is 2.18. The minimum Gasteiger partial charge on any atom is -0.494 e. The number of carbonyl (C=O) groups excluding carboxylic acids is 1. The highest BCUT2D eigenvalue weighted by molar-refractivity contribution is 5.92. The van der Waals surface area contributed by atoms with Gasteiger partial charge in [0.2, 0.25) is 0 Å². The smallest absolute Gasteiger partial charge is 0.321 e. The molecule has 0 bridgehead atoms. The lowest BCUT2D eigenvalue weighted by Gasteiger charge is -2.27. The van der Waals surface area contributed by atoms with Gasteiger partial charge in [-0.25, -0.2) is 4.79 Å². The molecule has 1 fully saturated rings. The monoisotopic (exact) mass is 220 g/mol. The number of urea groups is 1. The summed E-state index contributed by atoms with van der Waals surface area (Å²) in [4.78, 5) is 13.3. The Balaban J connectivity index is 2.11. The Kier molecular flexibility index (Phi) is 3.29. The number of anilines is 1. The van der Waals surface area contributed by atoms with E-state index in [4.69, 9.17) is 4.74 Å². The number of carbonyl (C=O) groups is 1. The zero-order valence-electron chi connectivity index (χ0n) is 9.40. The van der Waals surface area contributed by atoms with Gasteiger partial charge in [0.05, 0.1) is 6.61 Å². The van der Waals surface area contributed by atoms with E-state index in [9.17, 15) is 4.79 Å². The van der Waals surface area contributed by atoms with Gasteiger partial charge in [0.25, 0.3) is 0 Å². The number of rotatable bonds is 3. The van der Waals surface area contributed by atoms with Gasteiger partial charge in [-0.05, 0) is 37.6 Å². The van der Waals surface area contributed by atoms with Crippen LogP contribution in [0.5, 0.6) is 5.75 Å². The summed E-state index contributed by atoms with van der Waals surface area (Å²) in [5.74, 6) is 0.837. The SMILES string of the molecule is CCOc1ccc(N2CCCNC2=O)cc1. The first-order chi connectivity index (χ1) is 7.81. The topological polar surface area (TPSA) is 41.6 Å². The van der Waals surface area contributed by atoms with Crippen LogP contribution in [-0.4, -0.2) is 25.7 Å². The summed E-state index contributed by atoms with van der Waals surface area (Å²) in [6.45, 7) is 4.15. The number of nitrogens with one attached hydrogen (secondary N) is 1. The normalized spacial score (nSPS) is 15.8. The van der Waals surface area contributed by atoms with E-state index >= 15 is 0 Å². The van der Waals surface area contributed by atoms with Crippen molar-refractivity contribution in [2.45, 2.75) is 13.3 Å². The minimum atomic E-state index is -0.0181. The summed E-state index contributed by atoms with van der Waals surface area (Å²) in [6, 6.07) is 7.59. The van der Waals surface area contributed by atoms with Crippen LogP contribution < -0.4 is 15.0 Å². The van der Waals surface area contributed by atoms with Crippen LogP contribution in [-0.2, 0) is 0 Å². The lowest BCUT2D eigenvalue weighted by Crippen LogP contribution is -2.46. The second kappa shape index (κ2) is 4.88. The van der Waals surface area contributed by atoms with Gasteiger partial charge in [-0.3, -0.25) is 4.90 Å². The molecular formula is C12H16N2O2. The number of hydrogen-bond acceptors (Lipinski definition) is 2. The fourth-order valence-corrected chi connectivity index (χ4v) is 1.76. The summed E-state index contributed by atoms with van der Waals surface area (Å²) in [6.07, 6.45) is 0.985. The van der Waals surface area contributed by atoms with E-state index in [0.717, 1.165) is 30.9 Å². The fraction of sp³-hybridized carbons (Fsp3) is 0.417. The molecule has 0 spiro atoms. The van der Waals surface area contributed by atoms with Crippen molar-refractivity contribution in [2.24, 2.45) is 0 Å². The standard InChI is InChI=1S/C12H16N2O2/c1-2-16-11-6-4-10(5-7-11)14-9-3-8-13-12(14)15/h4-7H,2-3,8-9H2,1H3,(H,13,15). The van der Waals surface area contributed by atoms with Crippen LogP contribution in [0.4, 0.5) is 10.5 Å². The van der Waals surface area contributed by atoms with Crippen LogP contribution in [0.3, 0.4) is 0 Å². The van der Waals surface area contributed by atoms with E-state index in [1.807, 2.05) is 31.2 Å². The molecule has 0 saturated carbocycles. The maximum atomic E-state index is 11.6. The molecule has 2 amide bonds. The molecule has 2 rings (SSSR count). The summed E-state index contributed by atoms with van der Waals surface area (Å²) in [5, 5.41) is 2.83. The Morgan fingerprint density at radius 2 is 2.12 bits per heavy atom. The molecule has 0 aliphatic carbocycles. The van der Waals surface area contributed by atoms with Gasteiger partial charge in [0.15, 0.2) is 0 Å². The lowest BCUT2D eigenvalue weighted by molar-refractivity contribution is 0.243. The Morgan fingerprint density at radius 3 is 2.75 bits per heavy atom. The molecule has 0 atom stereocenters. The van der Waals surface area contributed by atoms with Crippen molar-refractivity contribution in [1.82, 2.24) is 5.32 Å². The molecule has 1 aliphatic heterocycles. The summed E-state index contributed by atoms with van der Waals surface area (Å²) in [5.41, 5.74) is 0.917. The van der Waals surface area contributed by atoms with Crippen LogP contribution in [0, 0.1) is 0 Å². The van der Waals surface area contributed by atoms with Crippen LogP contribution >= 0.6 is 0 Å². The van der Waals surface area contributed by atoms with Gasteiger partial charge >= 0.3 is 6.03 Å². The van der Waals surface area contributed by atoms with Gasteiger partial charge in [0, 0.05) is 18.8 Å². The molecule has 86 valence electrons. The van der Waals surface area contributed by atoms with Crippen molar-refractivity contribution in [3.05, 3.63) is 24.3 Å². The quantitative estimate of drug-likeness (QED) is 0.846. The molecule has 1 aromatic carbocycles. The minimum absolute atomic E-state index is 0.0181. The van der Waals surface area contributed by atoms with E-state index in [1.54, 1.807) is 4.90 Å². The van der Waals surface area contributed by atoms with Crippen LogP contribution in [0.2, 0.25) is 0 Å². The van der Waals surface area contributed by atoms with E-state index in [2.05, 4.69) is 5.32 Å². The molecule has 1 N–H and O–H groups in total. The van der Waals surface area contributed by atoms with Crippen molar-refractivity contribution < 1.29 is 9.53 Å². The lowest BCUT2D eigenvalue weighted by atomic mass is 10.2. The van der Waals surface area contributed by atoms with Crippen molar-refractivity contribution in [2.75, 3.05) is 24.6 Å². The molecule has 4 heteroatoms. The number of ether oxygens (including phenoxy) is 1. The number of amides is 2. The number of benzene rings is 1. The first-order valence-electron chi connectivity index (χ1n) is 5.59. The van der Waals surface area contributed by atoms with Crippen LogP contribution in [0.15, 0.2) is 24.3 Å². The molecule has 4 nitrogen and oxygen atoms in total. The van der Waals surface area contributed by atoms with Crippen LogP contribution in [0.25, 0.3) is 0 Å². The second-order valence-electron chi connectivity index (χ2n) is 3.66. The Morgan fingerprint density at radius 1 is 1.38 bits per heavy atom. The molecule has 0 aromatic heterocycles. The van der Waals surface area contributed by atoms with Crippen molar-refractivity contribution in [1.29, 1.82) is 0 Å². The average molecular weight is 220 g/mol. The molecule has 1 aliphatic rings. The zero-order chi connectivity index (χ0) is 11.4. The van der Waals surface area contributed by atoms with E-state index in [0.29, 0.717) is 6.61 Å². The Labute approximate surface area is 95.2 Å². The molecule has 1 aromatic rings. The summed E-state index contributed by atoms with van der Waals surface area (Å²) < 4.78 is 5.36. The predicted octanol–water partition coefficient (Wildman–Crippen LogP) is 2.00. The van der Waals surface area contributed by atoms with E-state index < -0.39 is 0 Å². The molecule has 0 radical (unpaired) electrons. The van der Waals surface area contributed by atoms with Gasteiger partial charge in [-0.15, -0.1) is 0 Å². The largest absolute Gasteiger partial charge is 0.494 e. The zero-order valence-corrected chi connectivity index (χ0v) is 9.40. The molecule has 0 unspecified atom stereocenters. The van der Waals surface area contributed by atoms with Gasteiger partial charge in [0.1, 0.15) is 5.75 Å². The van der Waals surface area contributed by atoms with E-state index in [-0.39, 0.29) is 6.03 Å². The third kappa shape index (κ3) is 2.27. The van der Waals surface area contributed by atoms with Crippen molar-refractivity contribution >= 4 is 11.7 Å². The molecule has 1 heterocycles. The third-order valence-electron chi connectivity index (χ3n) is 2.54. The highest BCUT2D eigenvalue weighted by atomic mass is 16.5. The fourth-order valence-electron chi connectivity index (χ4n) is 1.76. The van der Waals surface area contributed by atoms with Gasteiger partial charge in [-0.1, -0.05) is 0 Å². The van der Waals surface area contributed by atoms with Crippen molar-refractivity contribution in [3.8, 4) is 5.75 Å². The van der Waals surface area contributed by atoms with Crippen LogP contribution in [0.1, 0.15) is 13.3 Å². The predicted molar refractivity (Wildman–Crippen MR) is 63.0 cm³/mol. The number of nitrogens with zero attached hydrogens (tertiary/aromatic N) is 1. The Bertz CT molecular complexity index is 362. The van der Waals surface area contributed by atoms with Crippen molar-refractivity contribution in [3.63, 3.8) is 0 Å². The molecule has 16 heavy (non-hydrogen) atoms. The third-order valence-corrected chi connectivity index (χ3v) is 2.54. The second-order valence-corrected chi connectivity index (χ2v) is 3.66. The van der Waals surface area contributed by atoms with Gasteiger partial charge in [-0.2, -0.15) is 0 Å². The average Bonchev–Trinajstić information content (AvgIpc) is 2.31. The summed E-state index contributed by atoms with van der Waals surface area (Å²) in [7, 11) is 0. The summed E-state index contributed by atoms with van der Waals surface area (Å²) >= 11 is 0. The van der Waals surface area contributed by atoms with Gasteiger partial charge < -0.3 is 10.1 Å². The first kappa shape index (κ1) is 10.8. The number of hydrogen-bond donors (Lipinski definition) is 1. The first-order valence-corrected chi connectivity index (χ1v) is 5.59.